The molecule has 1 fully saturated rings. The highest BCUT2D eigenvalue weighted by Gasteiger charge is 2.29. The number of fused-ring (bicyclic) bond motifs is 1. The summed E-state index contributed by atoms with van der Waals surface area (Å²) in [6.45, 7) is 1.77. The average molecular weight is 301 g/mol. The van der Waals surface area contributed by atoms with Crippen LogP contribution in [0, 0.1) is 0 Å². The Labute approximate surface area is 126 Å². The summed E-state index contributed by atoms with van der Waals surface area (Å²) in [7, 11) is 0. The van der Waals surface area contributed by atoms with Crippen molar-refractivity contribution in [3.63, 3.8) is 0 Å². The molecule has 4 rings (SSSR count). The van der Waals surface area contributed by atoms with Crippen LogP contribution in [0.2, 0.25) is 0 Å². The first-order valence-corrected chi connectivity index (χ1v) is 7.95. The van der Waals surface area contributed by atoms with Gasteiger partial charge in [0, 0.05) is 23.7 Å². The zero-order valence-corrected chi connectivity index (χ0v) is 12.1. The number of hydrogen-bond acceptors (Lipinski definition) is 5. The maximum Gasteiger partial charge on any atom is 0.234 e. The molecule has 1 amide bonds. The lowest BCUT2D eigenvalue weighted by Gasteiger charge is -2.25. The van der Waals surface area contributed by atoms with Gasteiger partial charge in [0.1, 0.15) is 0 Å². The van der Waals surface area contributed by atoms with E-state index in [1.54, 1.807) is 22.8 Å². The summed E-state index contributed by atoms with van der Waals surface area (Å²) in [6, 6.07) is 8.37. The Kier molecular flexibility index (Phi) is 3.16. The monoisotopic (exact) mass is 301 g/mol. The van der Waals surface area contributed by atoms with Gasteiger partial charge in [-0.2, -0.15) is 9.90 Å². The van der Waals surface area contributed by atoms with Gasteiger partial charge in [-0.25, -0.2) is 0 Å². The quantitative estimate of drug-likeness (QED) is 0.893. The van der Waals surface area contributed by atoms with Crippen LogP contribution in [0.4, 0.5) is 5.82 Å². The summed E-state index contributed by atoms with van der Waals surface area (Å²) in [4.78, 5) is 15.3. The number of thioether (sulfide) groups is 1. The highest BCUT2D eigenvalue weighted by molar-refractivity contribution is 7.99. The molecule has 1 atom stereocenters. The summed E-state index contributed by atoms with van der Waals surface area (Å²) in [5.41, 5.74) is 1.11. The third-order valence-corrected chi connectivity index (χ3v) is 5.05. The highest BCUT2D eigenvalue weighted by atomic mass is 32.2. The van der Waals surface area contributed by atoms with E-state index in [1.165, 1.54) is 4.90 Å². The second kappa shape index (κ2) is 5.16. The fraction of sp³-hybridized carbons (Fsp3) is 0.357. The molecule has 2 N–H and O–H groups in total. The third kappa shape index (κ3) is 2.32. The predicted molar refractivity (Wildman–Crippen MR) is 80.5 cm³/mol. The van der Waals surface area contributed by atoms with Gasteiger partial charge in [-0.1, -0.05) is 18.2 Å². The minimum absolute atomic E-state index is 0.00812. The van der Waals surface area contributed by atoms with Gasteiger partial charge in [-0.05, 0) is 11.6 Å². The molecule has 0 bridgehead atoms. The van der Waals surface area contributed by atoms with Gasteiger partial charge in [-0.15, -0.1) is 16.9 Å². The first kappa shape index (κ1) is 12.8. The van der Waals surface area contributed by atoms with Gasteiger partial charge in [0.25, 0.3) is 0 Å². The molecule has 0 aliphatic carbocycles. The van der Waals surface area contributed by atoms with Crippen LogP contribution in [-0.2, 0) is 4.79 Å². The topological polar surface area (TPSA) is 71.8 Å². The summed E-state index contributed by atoms with van der Waals surface area (Å²) in [5, 5.41) is 14.6. The predicted octanol–water partition coefficient (Wildman–Crippen LogP) is 1.25. The van der Waals surface area contributed by atoms with Crippen molar-refractivity contribution in [2.24, 2.45) is 0 Å². The van der Waals surface area contributed by atoms with Crippen LogP contribution in [0.3, 0.4) is 0 Å². The first-order chi connectivity index (χ1) is 10.3. The summed E-state index contributed by atoms with van der Waals surface area (Å²) in [5.74, 6) is 1.19. The molecule has 1 saturated heterocycles. The van der Waals surface area contributed by atoms with Gasteiger partial charge in [0.2, 0.25) is 5.91 Å². The van der Waals surface area contributed by atoms with Gasteiger partial charge < -0.3 is 10.6 Å². The number of amides is 1. The van der Waals surface area contributed by atoms with E-state index < -0.39 is 0 Å². The number of aromatic nitrogens is 3. The van der Waals surface area contributed by atoms with E-state index in [1.807, 2.05) is 18.2 Å². The Morgan fingerprint density at radius 1 is 1.38 bits per heavy atom. The van der Waals surface area contributed by atoms with E-state index in [9.17, 15) is 4.79 Å². The Morgan fingerprint density at radius 2 is 2.24 bits per heavy atom. The van der Waals surface area contributed by atoms with Gasteiger partial charge in [-0.3, -0.25) is 4.79 Å². The molecule has 1 unspecified atom stereocenters. The Morgan fingerprint density at radius 3 is 3.05 bits per heavy atom. The fourth-order valence-corrected chi connectivity index (χ4v) is 3.77. The molecule has 6 nitrogen and oxygen atoms in total. The maximum atomic E-state index is 12.4. The van der Waals surface area contributed by atoms with Gasteiger partial charge >= 0.3 is 0 Å². The Balaban J connectivity index is 1.47. The average Bonchev–Trinajstić information content (AvgIpc) is 3.03. The minimum Gasteiger partial charge on any atom is -0.312 e. The summed E-state index contributed by atoms with van der Waals surface area (Å²) >= 11 is 1.73. The molecular weight excluding hydrogens is 286 g/mol. The molecular formula is C14H15N5OS. The van der Waals surface area contributed by atoms with Crippen molar-refractivity contribution in [1.82, 2.24) is 20.3 Å². The molecule has 0 spiro atoms. The SMILES string of the molecule is O=C(Nc1cnn(C2CNC2)n1)C1CSc2ccccc21. The standard InChI is InChI=1S/C14H15N5OS/c20-14(11-8-21-12-4-2-1-3-10(11)12)17-13-7-16-19(18-13)9-5-15-6-9/h1-4,7,9,11,15H,5-6,8H2,(H,17,18,20). The smallest absolute Gasteiger partial charge is 0.234 e. The second-order valence-corrected chi connectivity index (χ2v) is 6.31. The zero-order valence-electron chi connectivity index (χ0n) is 11.3. The normalized spacial score (nSPS) is 20.9. The number of carbonyl (C=O) groups excluding carboxylic acids is 1. The lowest BCUT2D eigenvalue weighted by molar-refractivity contribution is -0.117. The number of rotatable bonds is 3. The Bertz CT molecular complexity index is 682. The number of nitrogens with zero attached hydrogens (tertiary/aromatic N) is 3. The minimum atomic E-state index is -0.110. The lowest BCUT2D eigenvalue weighted by atomic mass is 10.0. The van der Waals surface area contributed by atoms with Crippen LogP contribution < -0.4 is 10.6 Å². The van der Waals surface area contributed by atoms with E-state index in [-0.39, 0.29) is 11.8 Å². The van der Waals surface area contributed by atoms with Crippen LogP contribution in [0.25, 0.3) is 0 Å². The molecule has 1 aromatic heterocycles. The number of benzene rings is 1. The summed E-state index contributed by atoms with van der Waals surface area (Å²) in [6.07, 6.45) is 1.62. The molecule has 7 heteroatoms. The van der Waals surface area contributed by atoms with Crippen molar-refractivity contribution < 1.29 is 4.79 Å². The lowest BCUT2D eigenvalue weighted by Crippen LogP contribution is -2.44. The fourth-order valence-electron chi connectivity index (χ4n) is 2.54. The Hall–Kier alpha value is -1.86. The number of nitrogens with one attached hydrogen (secondary N) is 2. The molecule has 1 aromatic carbocycles. The largest absolute Gasteiger partial charge is 0.312 e. The molecule has 2 aliphatic heterocycles. The van der Waals surface area contributed by atoms with Crippen molar-refractivity contribution in [3.05, 3.63) is 36.0 Å². The highest BCUT2D eigenvalue weighted by Crippen LogP contribution is 2.39. The van der Waals surface area contributed by atoms with E-state index in [0.29, 0.717) is 11.9 Å². The van der Waals surface area contributed by atoms with Crippen LogP contribution in [0.15, 0.2) is 35.4 Å². The van der Waals surface area contributed by atoms with E-state index in [0.717, 1.165) is 24.4 Å². The molecule has 3 heterocycles. The first-order valence-electron chi connectivity index (χ1n) is 6.96. The van der Waals surface area contributed by atoms with Crippen molar-refractivity contribution >= 4 is 23.5 Å². The zero-order chi connectivity index (χ0) is 14.2. The van der Waals surface area contributed by atoms with E-state index in [2.05, 4.69) is 26.9 Å². The van der Waals surface area contributed by atoms with Crippen LogP contribution in [-0.4, -0.2) is 39.7 Å². The molecule has 21 heavy (non-hydrogen) atoms. The number of carbonyl (C=O) groups is 1. The van der Waals surface area contributed by atoms with Crippen molar-refractivity contribution in [3.8, 4) is 0 Å². The van der Waals surface area contributed by atoms with E-state index in [4.69, 9.17) is 0 Å². The second-order valence-electron chi connectivity index (χ2n) is 5.25. The van der Waals surface area contributed by atoms with Crippen LogP contribution in [0.5, 0.6) is 0 Å². The molecule has 2 aliphatic rings. The molecule has 2 aromatic rings. The summed E-state index contributed by atoms with van der Waals surface area (Å²) < 4.78 is 0. The molecule has 0 radical (unpaired) electrons. The number of hydrogen-bond donors (Lipinski definition) is 2. The van der Waals surface area contributed by atoms with Crippen molar-refractivity contribution in [2.75, 3.05) is 24.2 Å². The van der Waals surface area contributed by atoms with Gasteiger partial charge in [0.15, 0.2) is 5.82 Å². The maximum absolute atomic E-state index is 12.4. The van der Waals surface area contributed by atoms with Crippen LogP contribution >= 0.6 is 11.8 Å². The van der Waals surface area contributed by atoms with E-state index >= 15 is 0 Å². The van der Waals surface area contributed by atoms with Crippen molar-refractivity contribution in [2.45, 2.75) is 16.9 Å². The third-order valence-electron chi connectivity index (χ3n) is 3.86. The molecule has 0 saturated carbocycles. The van der Waals surface area contributed by atoms with Crippen LogP contribution in [0.1, 0.15) is 17.5 Å². The number of anilines is 1. The van der Waals surface area contributed by atoms with Crippen molar-refractivity contribution in [1.29, 1.82) is 0 Å². The molecule has 108 valence electrons. The van der Waals surface area contributed by atoms with Gasteiger partial charge in [0.05, 0.1) is 18.2 Å².